The van der Waals surface area contributed by atoms with Crippen LogP contribution in [0, 0.1) is 0 Å². The van der Waals surface area contributed by atoms with Crippen molar-refractivity contribution in [2.24, 2.45) is 0 Å². The molecule has 1 aliphatic heterocycles. The summed E-state index contributed by atoms with van der Waals surface area (Å²) in [5, 5.41) is 4.61. The predicted molar refractivity (Wildman–Crippen MR) is 85.3 cm³/mol. The van der Waals surface area contributed by atoms with Crippen LogP contribution >= 0.6 is 23.2 Å². The molecule has 2 nitrogen and oxygen atoms in total. The van der Waals surface area contributed by atoms with E-state index in [-0.39, 0.29) is 0 Å². The predicted octanol–water partition coefficient (Wildman–Crippen LogP) is 5.03. The van der Waals surface area contributed by atoms with Crippen molar-refractivity contribution >= 4 is 28.9 Å². The molecule has 0 fully saturated rings. The lowest BCUT2D eigenvalue weighted by Gasteiger charge is -2.11. The smallest absolute Gasteiger partial charge is 0.139 e. The molecule has 0 saturated heterocycles. The van der Waals surface area contributed by atoms with Crippen LogP contribution in [0.2, 0.25) is 10.0 Å². The molecule has 104 valence electrons. The van der Waals surface area contributed by atoms with Crippen molar-refractivity contribution in [2.75, 3.05) is 18.5 Å². The van der Waals surface area contributed by atoms with E-state index in [1.54, 1.807) is 6.07 Å². The molecule has 0 atom stereocenters. The lowest BCUT2D eigenvalue weighted by Crippen LogP contribution is -1.93. The van der Waals surface area contributed by atoms with Crippen LogP contribution in [0.25, 0.3) is 11.1 Å². The van der Waals surface area contributed by atoms with Crippen molar-refractivity contribution in [2.45, 2.75) is 13.3 Å². The Morgan fingerprint density at radius 3 is 2.80 bits per heavy atom. The summed E-state index contributed by atoms with van der Waals surface area (Å²) in [4.78, 5) is 0. The Balaban J connectivity index is 2.04. The zero-order chi connectivity index (χ0) is 14.1. The molecule has 0 bridgehead atoms. The first-order valence-corrected chi connectivity index (χ1v) is 7.43. The SMILES string of the molecule is CCOc1cc(Cl)c(-c2ccc3c(c2)NCC3)cc1Cl. The molecule has 0 aromatic heterocycles. The first-order valence-electron chi connectivity index (χ1n) is 6.68. The fourth-order valence-corrected chi connectivity index (χ4v) is 2.96. The molecule has 3 rings (SSSR count). The second-order valence-electron chi connectivity index (χ2n) is 4.74. The van der Waals surface area contributed by atoms with E-state index in [0.29, 0.717) is 22.4 Å². The molecule has 0 saturated carbocycles. The Morgan fingerprint density at radius 2 is 2.00 bits per heavy atom. The summed E-state index contributed by atoms with van der Waals surface area (Å²) in [6, 6.07) is 10.0. The molecule has 20 heavy (non-hydrogen) atoms. The minimum Gasteiger partial charge on any atom is -0.492 e. The van der Waals surface area contributed by atoms with Crippen LogP contribution < -0.4 is 10.1 Å². The number of rotatable bonds is 3. The summed E-state index contributed by atoms with van der Waals surface area (Å²) in [7, 11) is 0. The fourth-order valence-electron chi connectivity index (χ4n) is 2.47. The van der Waals surface area contributed by atoms with Gasteiger partial charge in [0.05, 0.1) is 16.7 Å². The molecule has 2 aromatic carbocycles. The highest BCUT2D eigenvalue weighted by Gasteiger charge is 2.14. The van der Waals surface area contributed by atoms with Gasteiger partial charge in [-0.3, -0.25) is 0 Å². The normalized spacial score (nSPS) is 12.9. The van der Waals surface area contributed by atoms with Crippen molar-refractivity contribution in [1.29, 1.82) is 0 Å². The molecular weight excluding hydrogens is 293 g/mol. The van der Waals surface area contributed by atoms with Gasteiger partial charge in [-0.15, -0.1) is 0 Å². The molecule has 1 heterocycles. The second kappa shape index (κ2) is 5.55. The zero-order valence-corrected chi connectivity index (χ0v) is 12.7. The Bertz CT molecular complexity index is 655. The lowest BCUT2D eigenvalue weighted by molar-refractivity contribution is 0.340. The summed E-state index contributed by atoms with van der Waals surface area (Å²) in [5.74, 6) is 0.627. The third-order valence-corrected chi connectivity index (χ3v) is 4.06. The minimum atomic E-state index is 0.568. The van der Waals surface area contributed by atoms with E-state index in [9.17, 15) is 0 Å². The van der Waals surface area contributed by atoms with Gasteiger partial charge in [-0.1, -0.05) is 35.3 Å². The van der Waals surface area contributed by atoms with Gasteiger partial charge in [-0.25, -0.2) is 0 Å². The maximum atomic E-state index is 6.36. The zero-order valence-electron chi connectivity index (χ0n) is 11.2. The lowest BCUT2D eigenvalue weighted by atomic mass is 10.0. The molecule has 0 amide bonds. The van der Waals surface area contributed by atoms with Gasteiger partial charge in [0.15, 0.2) is 0 Å². The number of anilines is 1. The van der Waals surface area contributed by atoms with Crippen molar-refractivity contribution in [3.8, 4) is 16.9 Å². The molecule has 1 N–H and O–H groups in total. The van der Waals surface area contributed by atoms with Gasteiger partial charge in [-0.05, 0) is 36.6 Å². The quantitative estimate of drug-likeness (QED) is 0.859. The third-order valence-electron chi connectivity index (χ3n) is 3.45. The van der Waals surface area contributed by atoms with Crippen molar-refractivity contribution in [3.63, 3.8) is 0 Å². The van der Waals surface area contributed by atoms with Crippen LogP contribution in [0.1, 0.15) is 12.5 Å². The Labute approximate surface area is 128 Å². The van der Waals surface area contributed by atoms with E-state index in [4.69, 9.17) is 27.9 Å². The summed E-state index contributed by atoms with van der Waals surface area (Å²) in [5.41, 5.74) is 4.52. The van der Waals surface area contributed by atoms with Crippen molar-refractivity contribution in [3.05, 3.63) is 45.9 Å². The number of halogens is 2. The molecular formula is C16H15Cl2NO. The highest BCUT2D eigenvalue weighted by Crippen LogP contribution is 2.38. The number of benzene rings is 2. The van der Waals surface area contributed by atoms with Gasteiger partial charge < -0.3 is 10.1 Å². The van der Waals surface area contributed by atoms with Gasteiger partial charge in [0, 0.05) is 23.9 Å². The molecule has 2 aromatic rings. The topological polar surface area (TPSA) is 21.3 Å². The van der Waals surface area contributed by atoms with Crippen LogP contribution in [0.4, 0.5) is 5.69 Å². The number of hydrogen-bond donors (Lipinski definition) is 1. The van der Waals surface area contributed by atoms with Crippen LogP contribution in [0.5, 0.6) is 5.75 Å². The molecule has 0 aliphatic carbocycles. The number of ether oxygens (including phenoxy) is 1. The number of nitrogens with one attached hydrogen (secondary N) is 1. The van der Waals surface area contributed by atoms with Gasteiger partial charge in [0.2, 0.25) is 0 Å². The van der Waals surface area contributed by atoms with E-state index in [2.05, 4.69) is 23.5 Å². The minimum absolute atomic E-state index is 0.568. The van der Waals surface area contributed by atoms with E-state index in [1.807, 2.05) is 13.0 Å². The Morgan fingerprint density at radius 1 is 1.15 bits per heavy atom. The van der Waals surface area contributed by atoms with Crippen molar-refractivity contribution in [1.82, 2.24) is 0 Å². The van der Waals surface area contributed by atoms with Gasteiger partial charge >= 0.3 is 0 Å². The molecule has 0 spiro atoms. The largest absolute Gasteiger partial charge is 0.492 e. The summed E-state index contributed by atoms with van der Waals surface area (Å²) in [6.45, 7) is 3.49. The maximum Gasteiger partial charge on any atom is 0.139 e. The molecule has 1 aliphatic rings. The summed E-state index contributed by atoms with van der Waals surface area (Å²) >= 11 is 12.6. The van der Waals surface area contributed by atoms with Gasteiger partial charge in [-0.2, -0.15) is 0 Å². The fraction of sp³-hybridized carbons (Fsp3) is 0.250. The van der Waals surface area contributed by atoms with Crippen LogP contribution in [0.3, 0.4) is 0 Å². The number of fused-ring (bicyclic) bond motifs is 1. The highest BCUT2D eigenvalue weighted by molar-refractivity contribution is 6.36. The molecule has 0 unspecified atom stereocenters. The van der Waals surface area contributed by atoms with Crippen LogP contribution in [0.15, 0.2) is 30.3 Å². The summed E-state index contributed by atoms with van der Waals surface area (Å²) in [6.07, 6.45) is 1.08. The Hall–Kier alpha value is -1.38. The van der Waals surface area contributed by atoms with E-state index in [0.717, 1.165) is 24.1 Å². The monoisotopic (exact) mass is 307 g/mol. The van der Waals surface area contributed by atoms with Crippen molar-refractivity contribution < 1.29 is 4.74 Å². The van der Waals surface area contributed by atoms with Gasteiger partial charge in [0.1, 0.15) is 5.75 Å². The summed E-state index contributed by atoms with van der Waals surface area (Å²) < 4.78 is 5.45. The molecule has 4 heteroatoms. The second-order valence-corrected chi connectivity index (χ2v) is 5.56. The van der Waals surface area contributed by atoms with E-state index >= 15 is 0 Å². The van der Waals surface area contributed by atoms with E-state index < -0.39 is 0 Å². The average Bonchev–Trinajstić information content (AvgIpc) is 2.90. The highest BCUT2D eigenvalue weighted by atomic mass is 35.5. The molecule has 0 radical (unpaired) electrons. The third kappa shape index (κ3) is 2.46. The first kappa shape index (κ1) is 13.6. The van der Waals surface area contributed by atoms with Crippen LogP contribution in [-0.4, -0.2) is 13.2 Å². The number of hydrogen-bond acceptors (Lipinski definition) is 2. The Kier molecular flexibility index (Phi) is 3.77. The van der Waals surface area contributed by atoms with Gasteiger partial charge in [0.25, 0.3) is 0 Å². The van der Waals surface area contributed by atoms with E-state index in [1.165, 1.54) is 11.3 Å². The standard InChI is InChI=1S/C16H15Cl2NO/c1-2-20-16-9-13(17)12(8-14(16)18)11-4-3-10-5-6-19-15(10)7-11/h3-4,7-9,19H,2,5-6H2,1H3. The average molecular weight is 308 g/mol. The maximum absolute atomic E-state index is 6.36. The first-order chi connectivity index (χ1) is 9.69. The van der Waals surface area contributed by atoms with Crippen LogP contribution in [-0.2, 0) is 6.42 Å².